The predicted molar refractivity (Wildman–Crippen MR) is 55.4 cm³/mol. The largest absolute Gasteiger partial charge is 0.375 e. The fourth-order valence-electron chi connectivity index (χ4n) is 2.53. The molecule has 0 aromatic heterocycles. The molecule has 5 nitrogen and oxygen atoms in total. The first-order valence-corrected chi connectivity index (χ1v) is 5.48. The van der Waals surface area contributed by atoms with Crippen molar-refractivity contribution in [2.45, 2.75) is 44.5 Å². The molecule has 4 atom stereocenters. The quantitative estimate of drug-likeness (QED) is 0.399. The molecule has 2 saturated heterocycles. The Morgan fingerprint density at radius 3 is 2.93 bits per heavy atom. The summed E-state index contributed by atoms with van der Waals surface area (Å²) in [6, 6.07) is 0. The number of hydrogen-bond donors (Lipinski definition) is 0. The van der Waals surface area contributed by atoms with Crippen LogP contribution in [0.3, 0.4) is 0 Å². The third-order valence-corrected chi connectivity index (χ3v) is 3.76. The molecule has 2 aliphatic heterocycles. The summed E-state index contributed by atoms with van der Waals surface area (Å²) in [5.74, 6) is 0.425. The minimum atomic E-state index is -0.116. The van der Waals surface area contributed by atoms with Crippen molar-refractivity contribution in [3.8, 4) is 0 Å². The molecule has 0 unspecified atom stereocenters. The Morgan fingerprint density at radius 1 is 1.53 bits per heavy atom. The maximum absolute atomic E-state index is 8.26. The van der Waals surface area contributed by atoms with Gasteiger partial charge in [0.25, 0.3) is 0 Å². The van der Waals surface area contributed by atoms with Crippen molar-refractivity contribution in [1.82, 2.24) is 0 Å². The molecule has 2 fully saturated rings. The lowest BCUT2D eigenvalue weighted by atomic mass is 9.86. The summed E-state index contributed by atoms with van der Waals surface area (Å²) in [4.78, 5) is 2.76. The Balaban J connectivity index is 1.99. The van der Waals surface area contributed by atoms with Crippen LogP contribution in [0.25, 0.3) is 10.4 Å². The summed E-state index contributed by atoms with van der Waals surface area (Å²) in [5, 5.41) is 3.57. The first-order valence-electron chi connectivity index (χ1n) is 5.48. The van der Waals surface area contributed by atoms with E-state index in [9.17, 15) is 0 Å². The molecule has 0 bridgehead atoms. The van der Waals surface area contributed by atoms with Gasteiger partial charge in [0.05, 0.1) is 31.0 Å². The molecule has 0 N–H and O–H groups in total. The monoisotopic (exact) mass is 211 g/mol. The van der Waals surface area contributed by atoms with Gasteiger partial charge in [0.15, 0.2) is 0 Å². The number of hydrogen-bond acceptors (Lipinski definition) is 3. The highest BCUT2D eigenvalue weighted by Crippen LogP contribution is 2.43. The van der Waals surface area contributed by atoms with Crippen molar-refractivity contribution >= 4 is 0 Å². The Labute approximate surface area is 89.4 Å². The van der Waals surface area contributed by atoms with E-state index in [4.69, 9.17) is 15.0 Å². The van der Waals surface area contributed by atoms with Crippen LogP contribution in [0, 0.1) is 5.92 Å². The summed E-state index contributed by atoms with van der Waals surface area (Å²) >= 11 is 0. The molecule has 15 heavy (non-hydrogen) atoms. The second-order valence-electron chi connectivity index (χ2n) is 4.56. The highest BCUT2D eigenvalue weighted by atomic mass is 16.6. The summed E-state index contributed by atoms with van der Waals surface area (Å²) in [6.45, 7) is 5.39. The topological polar surface area (TPSA) is 67.2 Å². The van der Waals surface area contributed by atoms with Crippen molar-refractivity contribution in [2.24, 2.45) is 11.0 Å². The van der Waals surface area contributed by atoms with Crippen LogP contribution in [0.15, 0.2) is 5.11 Å². The Hall–Kier alpha value is -0.770. The number of rotatable bonds is 2. The van der Waals surface area contributed by atoms with Gasteiger partial charge in [-0.3, -0.25) is 0 Å². The van der Waals surface area contributed by atoms with Crippen LogP contribution in [0.5, 0.6) is 0 Å². The average Bonchev–Trinajstić information content (AvgIpc) is 2.77. The van der Waals surface area contributed by atoms with Crippen molar-refractivity contribution in [2.75, 3.05) is 13.2 Å². The fourth-order valence-corrected chi connectivity index (χ4v) is 2.53. The van der Waals surface area contributed by atoms with E-state index in [0.29, 0.717) is 19.1 Å². The van der Waals surface area contributed by atoms with E-state index in [2.05, 4.69) is 23.9 Å². The average molecular weight is 211 g/mol. The second kappa shape index (κ2) is 4.00. The molecule has 0 aromatic rings. The molecule has 2 aliphatic rings. The molecule has 84 valence electrons. The lowest BCUT2D eigenvalue weighted by Crippen LogP contribution is -2.37. The van der Waals surface area contributed by atoms with Gasteiger partial charge >= 0.3 is 0 Å². The van der Waals surface area contributed by atoms with E-state index in [1.807, 2.05) is 0 Å². The number of ether oxygens (including phenoxy) is 2. The predicted octanol–water partition coefficient (Wildman–Crippen LogP) is 2.27. The van der Waals surface area contributed by atoms with Crippen LogP contribution < -0.4 is 0 Å². The van der Waals surface area contributed by atoms with Crippen LogP contribution in [0.2, 0.25) is 0 Å². The van der Waals surface area contributed by atoms with Crippen molar-refractivity contribution in [1.29, 1.82) is 0 Å². The summed E-state index contributed by atoms with van der Waals surface area (Å²) in [6.07, 6.45) is 2.34. The molecule has 0 aliphatic carbocycles. The van der Waals surface area contributed by atoms with E-state index in [1.165, 1.54) is 0 Å². The zero-order valence-electron chi connectivity index (χ0n) is 9.22. The van der Waals surface area contributed by atoms with Gasteiger partial charge in [0, 0.05) is 10.8 Å². The van der Waals surface area contributed by atoms with E-state index < -0.39 is 0 Å². The Kier molecular flexibility index (Phi) is 2.87. The van der Waals surface area contributed by atoms with Gasteiger partial charge in [-0.15, -0.1) is 0 Å². The summed E-state index contributed by atoms with van der Waals surface area (Å²) in [5.41, 5.74) is 8.14. The third kappa shape index (κ3) is 1.83. The van der Waals surface area contributed by atoms with Crippen LogP contribution >= 0.6 is 0 Å². The molecule has 0 saturated carbocycles. The van der Waals surface area contributed by atoms with E-state index in [0.717, 1.165) is 12.8 Å². The van der Waals surface area contributed by atoms with Crippen LogP contribution in [-0.2, 0) is 9.47 Å². The van der Waals surface area contributed by atoms with Crippen molar-refractivity contribution in [3.63, 3.8) is 0 Å². The maximum atomic E-state index is 8.26. The highest BCUT2D eigenvalue weighted by molar-refractivity contribution is 4.99. The molecule has 1 spiro atoms. The van der Waals surface area contributed by atoms with Gasteiger partial charge in [0.2, 0.25) is 0 Å². The Bertz CT molecular complexity index is 290. The lowest BCUT2D eigenvalue weighted by molar-refractivity contribution is -0.0586. The van der Waals surface area contributed by atoms with Crippen LogP contribution in [-0.4, -0.2) is 31.0 Å². The molecule has 5 heteroatoms. The van der Waals surface area contributed by atoms with E-state index in [-0.39, 0.29) is 17.8 Å². The first-order chi connectivity index (χ1) is 7.18. The number of nitrogens with zero attached hydrogens (tertiary/aromatic N) is 3. The van der Waals surface area contributed by atoms with Crippen molar-refractivity contribution < 1.29 is 9.47 Å². The minimum Gasteiger partial charge on any atom is -0.375 e. The van der Waals surface area contributed by atoms with Gasteiger partial charge in [-0.25, -0.2) is 0 Å². The lowest BCUT2D eigenvalue weighted by Gasteiger charge is -2.28. The first kappa shape index (κ1) is 10.7. The molecular formula is C10H17N3O2. The molecule has 0 aromatic carbocycles. The molecule has 0 radical (unpaired) electrons. The minimum absolute atomic E-state index is 0.0808. The van der Waals surface area contributed by atoms with Gasteiger partial charge in [-0.05, 0) is 25.3 Å². The van der Waals surface area contributed by atoms with Crippen molar-refractivity contribution in [3.05, 3.63) is 10.4 Å². The van der Waals surface area contributed by atoms with Gasteiger partial charge < -0.3 is 9.47 Å². The highest BCUT2D eigenvalue weighted by Gasteiger charge is 2.50. The zero-order valence-corrected chi connectivity index (χ0v) is 9.22. The van der Waals surface area contributed by atoms with Crippen LogP contribution in [0.1, 0.15) is 26.7 Å². The third-order valence-electron chi connectivity index (χ3n) is 3.76. The summed E-state index contributed by atoms with van der Waals surface area (Å²) < 4.78 is 11.6. The summed E-state index contributed by atoms with van der Waals surface area (Å²) in [7, 11) is 0. The van der Waals surface area contributed by atoms with E-state index in [1.54, 1.807) is 0 Å². The Morgan fingerprint density at radius 2 is 2.33 bits per heavy atom. The number of azide groups is 1. The van der Waals surface area contributed by atoms with Gasteiger partial charge in [-0.1, -0.05) is 12.0 Å². The fraction of sp³-hybridized carbons (Fsp3) is 1.00. The standard InChI is InChI=1S/C10H17N3O2/c1-7-8(2)14-6-10(7)4-3-9(15-10)5-12-13-11/h7-9H,3-6H2,1-2H3/t7-,8+,9-,10-/m1/s1. The SMILES string of the molecule is C[C@@H]1OC[C@]2(CC[C@H](CN=[N+]=[N-])O2)[C@@H]1C. The molecule has 2 rings (SSSR count). The molecule has 2 heterocycles. The zero-order chi connectivity index (χ0) is 10.9. The van der Waals surface area contributed by atoms with E-state index >= 15 is 0 Å². The second-order valence-corrected chi connectivity index (χ2v) is 4.56. The van der Waals surface area contributed by atoms with Gasteiger partial charge in [-0.2, -0.15) is 0 Å². The molecule has 0 amide bonds. The normalized spacial score (nSPS) is 44.5. The van der Waals surface area contributed by atoms with Crippen LogP contribution in [0.4, 0.5) is 0 Å². The smallest absolute Gasteiger partial charge is 0.0969 e. The maximum Gasteiger partial charge on any atom is 0.0969 e. The van der Waals surface area contributed by atoms with Gasteiger partial charge in [0.1, 0.15) is 0 Å². The molecular weight excluding hydrogens is 194 g/mol.